The van der Waals surface area contributed by atoms with Crippen LogP contribution in [0.15, 0.2) is 82.2 Å². The molecule has 0 aliphatic carbocycles. The molecule has 4 aromatic rings. The van der Waals surface area contributed by atoms with Crippen LogP contribution in [0.1, 0.15) is 34.5 Å². The predicted octanol–water partition coefficient (Wildman–Crippen LogP) is 5.75. The lowest BCUT2D eigenvalue weighted by molar-refractivity contribution is -0.848. The molecule has 3 aromatic carbocycles. The maximum Gasteiger partial charge on any atom is 0.411 e. The second-order valence-electron chi connectivity index (χ2n) is 12.4. The van der Waals surface area contributed by atoms with Crippen LogP contribution in [0.4, 0.5) is 19.3 Å². The lowest BCUT2D eigenvalue weighted by atomic mass is 9.81. The number of esters is 1. The van der Waals surface area contributed by atoms with Crippen molar-refractivity contribution in [3.8, 4) is 23.4 Å². The number of nitrogens with zero attached hydrogens (tertiary/aromatic N) is 7. The van der Waals surface area contributed by atoms with Gasteiger partial charge in [-0.05, 0) is 73.5 Å². The first kappa shape index (κ1) is 38.3. The van der Waals surface area contributed by atoms with E-state index in [2.05, 4.69) is 32.4 Å². The van der Waals surface area contributed by atoms with Gasteiger partial charge in [0.15, 0.2) is 11.9 Å². The highest BCUT2D eigenvalue weighted by atomic mass is 32.1. The summed E-state index contributed by atoms with van der Waals surface area (Å²) < 4.78 is 40.1. The molecule has 0 saturated heterocycles. The number of thiazole rings is 1. The van der Waals surface area contributed by atoms with Gasteiger partial charge in [0.25, 0.3) is 0 Å². The van der Waals surface area contributed by atoms with Crippen LogP contribution in [-0.2, 0) is 19.9 Å². The highest BCUT2D eigenvalue weighted by molar-refractivity contribution is 7.10. The monoisotopic (exact) mass is 742 g/mol. The molecule has 1 amide bonds. The Balaban J connectivity index is 1.26. The normalized spacial score (nSPS) is 16.3. The van der Waals surface area contributed by atoms with Gasteiger partial charge in [0.2, 0.25) is 6.34 Å². The SMILES string of the molecule is C[C@@H](c1nc(-c2ccc(C#N)cc2)cs1)[C@](O)(C[N+]1(CCOC(=O)Nc2ccc(C#[N+]COC(=O)CN(C)C)cc2)C=NC=N1)c1cc(F)ccc1F. The molecule has 1 aromatic heterocycles. The van der Waals surface area contributed by atoms with Crippen LogP contribution in [0.25, 0.3) is 16.1 Å². The molecule has 0 fully saturated rings. The number of benzene rings is 3. The van der Waals surface area contributed by atoms with Crippen molar-refractivity contribution < 1.29 is 37.5 Å². The summed E-state index contributed by atoms with van der Waals surface area (Å²) in [5.74, 6) is -2.85. The Bertz CT molecular complexity index is 2090. The molecule has 0 bridgehead atoms. The van der Waals surface area contributed by atoms with Gasteiger partial charge in [-0.2, -0.15) is 10.3 Å². The van der Waals surface area contributed by atoms with E-state index in [-0.39, 0.29) is 38.5 Å². The van der Waals surface area contributed by atoms with Gasteiger partial charge >= 0.3 is 24.9 Å². The van der Waals surface area contributed by atoms with E-state index < -0.39 is 39.8 Å². The third-order valence-electron chi connectivity index (χ3n) is 8.24. The minimum Gasteiger partial charge on any atom is -0.443 e. The van der Waals surface area contributed by atoms with Gasteiger partial charge in [0.05, 0.1) is 28.9 Å². The summed E-state index contributed by atoms with van der Waals surface area (Å²) in [5, 5.41) is 30.9. The second-order valence-corrected chi connectivity index (χ2v) is 13.3. The summed E-state index contributed by atoms with van der Waals surface area (Å²) in [6.07, 6.45) is 1.94. The van der Waals surface area contributed by atoms with Gasteiger partial charge in [-0.25, -0.2) is 18.6 Å². The smallest absolute Gasteiger partial charge is 0.411 e. The van der Waals surface area contributed by atoms with Crippen molar-refractivity contribution >= 4 is 41.8 Å². The molecule has 2 heterocycles. The Labute approximate surface area is 308 Å². The fourth-order valence-electron chi connectivity index (χ4n) is 5.44. The standard InChI is InChI=1S/C37H35F2N8O5S/c1-25(35-45-33(20-53-35)28-8-4-26(17-40)5-9-28)37(50,31-16-29(38)10-13-32(31)39)21-47(23-42-22-43-47)14-15-51-36(49)44-30-11-6-27(7-12-30)18-41-24-52-34(48)19-46(2)3/h4-13,16,20,22-23,25,50H,14-15,19,21,24H2,1-3H3/q+1/p+1/t25-,37+,47?/m0/s1. The van der Waals surface area contributed by atoms with E-state index in [0.29, 0.717) is 27.5 Å². The number of likely N-dealkylation sites (N-methyl/N-ethyl adjacent to an activating group) is 1. The van der Waals surface area contributed by atoms with E-state index in [1.54, 1.807) is 79.8 Å². The third kappa shape index (κ3) is 9.91. The van der Waals surface area contributed by atoms with Gasteiger partial charge in [-0.3, -0.25) is 15.0 Å². The Morgan fingerprint density at radius 3 is 2.51 bits per heavy atom. The third-order valence-corrected chi connectivity index (χ3v) is 9.27. The van der Waals surface area contributed by atoms with Gasteiger partial charge in [-0.15, -0.1) is 15.9 Å². The molecule has 13 nitrogen and oxygen atoms in total. The van der Waals surface area contributed by atoms with Crippen molar-refractivity contribution in [3.63, 3.8) is 0 Å². The molecular formula is C37H36F2N8O5S+2. The van der Waals surface area contributed by atoms with Crippen LogP contribution in [0.5, 0.6) is 0 Å². The average Bonchev–Trinajstić information content (AvgIpc) is 3.82. The summed E-state index contributed by atoms with van der Waals surface area (Å²) >= 11 is 1.24. The lowest BCUT2D eigenvalue weighted by Gasteiger charge is -2.38. The number of quaternary nitrogens is 1. The maximum absolute atomic E-state index is 15.5. The summed E-state index contributed by atoms with van der Waals surface area (Å²) in [7, 11) is 3.50. The Morgan fingerprint density at radius 1 is 1.09 bits per heavy atom. The second kappa shape index (κ2) is 17.1. The topological polar surface area (TPSA) is 154 Å². The Morgan fingerprint density at radius 2 is 1.83 bits per heavy atom. The van der Waals surface area contributed by atoms with E-state index in [1.807, 2.05) is 0 Å². The number of halogens is 2. The number of carbonyl (C=O) groups excluding carboxylic acids is 2. The zero-order chi connectivity index (χ0) is 38.0. The molecule has 272 valence electrons. The molecule has 1 aliphatic rings. The van der Waals surface area contributed by atoms with Crippen LogP contribution < -0.4 is 5.32 Å². The van der Waals surface area contributed by atoms with E-state index in [4.69, 9.17) is 19.7 Å². The molecule has 2 N–H and O–H groups in total. The van der Waals surface area contributed by atoms with E-state index in [1.165, 1.54) is 24.0 Å². The number of anilines is 1. The van der Waals surface area contributed by atoms with Crippen molar-refractivity contribution in [2.24, 2.45) is 10.1 Å². The van der Waals surface area contributed by atoms with Crippen molar-refractivity contribution in [3.05, 3.63) is 110 Å². The number of rotatable bonds is 13. The Kier molecular flexibility index (Phi) is 12.3. The molecule has 0 spiro atoms. The van der Waals surface area contributed by atoms with Crippen LogP contribution in [0, 0.1) is 29.0 Å². The number of aliphatic hydroxyl groups is 1. The van der Waals surface area contributed by atoms with Gasteiger partial charge < -0.3 is 14.6 Å². The molecule has 53 heavy (non-hydrogen) atoms. The minimum absolute atomic E-state index is 0.00275. The van der Waals surface area contributed by atoms with Crippen LogP contribution in [-0.4, -0.2) is 91.4 Å². The zero-order valence-electron chi connectivity index (χ0n) is 29.1. The molecule has 1 aliphatic heterocycles. The number of hydrogen-bond donors (Lipinski definition) is 2. The fraction of sp³-hybridized carbons (Fsp3) is 0.270. The van der Waals surface area contributed by atoms with Crippen molar-refractivity contribution in [1.29, 1.82) is 5.26 Å². The first-order valence-electron chi connectivity index (χ1n) is 16.3. The molecule has 3 atom stereocenters. The number of aliphatic imine (C=N–C) groups is 1. The zero-order valence-corrected chi connectivity index (χ0v) is 29.9. The highest BCUT2D eigenvalue weighted by Crippen LogP contribution is 2.42. The predicted molar refractivity (Wildman–Crippen MR) is 195 cm³/mol. The summed E-state index contributed by atoms with van der Waals surface area (Å²) in [5.41, 5.74) is 0.478. The number of nitrogens with one attached hydrogen (secondary N) is 1. The Hall–Kier alpha value is -5.91. The van der Waals surface area contributed by atoms with E-state index in [0.717, 1.165) is 23.8 Å². The lowest BCUT2D eigenvalue weighted by Crippen LogP contribution is -2.54. The van der Waals surface area contributed by atoms with Crippen LogP contribution >= 0.6 is 11.3 Å². The van der Waals surface area contributed by atoms with E-state index >= 15 is 4.39 Å². The molecule has 16 heteroatoms. The van der Waals surface area contributed by atoms with Crippen LogP contribution in [0.3, 0.4) is 0 Å². The molecule has 5 rings (SSSR count). The quantitative estimate of drug-likeness (QED) is 0.130. The van der Waals surface area contributed by atoms with Gasteiger partial charge in [-0.1, -0.05) is 24.2 Å². The molecule has 0 saturated carbocycles. The van der Waals surface area contributed by atoms with Crippen molar-refractivity contribution in [1.82, 2.24) is 9.88 Å². The van der Waals surface area contributed by atoms with Crippen molar-refractivity contribution in [2.45, 2.75) is 18.4 Å². The molecular weight excluding hydrogens is 707 g/mol. The molecule has 0 radical (unpaired) electrons. The number of hydrogen-bond acceptors (Lipinski definition) is 11. The number of ether oxygens (including phenoxy) is 2. The summed E-state index contributed by atoms with van der Waals surface area (Å²) in [6, 6.07) is 21.1. The van der Waals surface area contributed by atoms with Crippen LogP contribution in [0.2, 0.25) is 0 Å². The van der Waals surface area contributed by atoms with E-state index in [9.17, 15) is 19.1 Å². The number of aromatic nitrogens is 1. The van der Waals surface area contributed by atoms with Gasteiger partial charge in [0, 0.05) is 28.1 Å². The number of amides is 1. The maximum atomic E-state index is 15.5. The number of carbonyl (C=O) groups is 2. The highest BCUT2D eigenvalue weighted by Gasteiger charge is 2.49. The molecule has 1 unspecified atom stereocenters. The average molecular weight is 743 g/mol. The fourth-order valence-corrected chi connectivity index (χ4v) is 6.41. The summed E-state index contributed by atoms with van der Waals surface area (Å²) in [4.78, 5) is 38.8. The minimum atomic E-state index is -2.07. The largest absolute Gasteiger partial charge is 0.443 e. The first-order chi connectivity index (χ1) is 25.4. The van der Waals surface area contributed by atoms with Crippen molar-refractivity contribution in [2.75, 3.05) is 52.4 Å². The first-order valence-corrected chi connectivity index (χ1v) is 17.1. The summed E-state index contributed by atoms with van der Waals surface area (Å²) in [6.45, 7) is 1.14. The van der Waals surface area contributed by atoms with Gasteiger partial charge in [0.1, 0.15) is 36.9 Å². The number of nitriles is 1.